The number of fused-ring (bicyclic) bond motifs is 1. The van der Waals surface area contributed by atoms with Crippen molar-refractivity contribution < 1.29 is 84.3 Å². The van der Waals surface area contributed by atoms with Crippen LogP contribution in [0.5, 0.6) is 23.0 Å². The summed E-state index contributed by atoms with van der Waals surface area (Å²) < 4.78 is 27.0. The average Bonchev–Trinajstić information content (AvgIpc) is 3.45. The largest absolute Gasteiger partial charge is 0.504 e. The van der Waals surface area contributed by atoms with Gasteiger partial charge in [0.25, 0.3) is 5.91 Å². The molecule has 0 aromatic heterocycles. The number of hydrogen-bond acceptors (Lipinski definition) is 16. The lowest BCUT2D eigenvalue weighted by Crippen LogP contribution is -2.62. The Bertz CT molecular complexity index is 1550. The highest BCUT2D eigenvalue weighted by Gasteiger charge is 2.48. The Morgan fingerprint density at radius 3 is 2.16 bits per heavy atom. The van der Waals surface area contributed by atoms with Crippen molar-refractivity contribution in [2.24, 2.45) is 0 Å². The van der Waals surface area contributed by atoms with Crippen molar-refractivity contribution in [1.29, 1.82) is 0 Å². The van der Waals surface area contributed by atoms with E-state index in [0.29, 0.717) is 5.56 Å². The van der Waals surface area contributed by atoms with Gasteiger partial charge in [-0.3, -0.25) is 9.69 Å². The second kappa shape index (κ2) is 14.8. The van der Waals surface area contributed by atoms with Crippen molar-refractivity contribution in [3.8, 4) is 23.0 Å². The van der Waals surface area contributed by atoms with Crippen molar-refractivity contribution in [1.82, 2.24) is 0 Å². The second-order valence-corrected chi connectivity index (χ2v) is 11.6. The van der Waals surface area contributed by atoms with E-state index in [1.54, 1.807) is 0 Å². The highest BCUT2D eigenvalue weighted by Crippen LogP contribution is 2.42. The third-order valence-corrected chi connectivity index (χ3v) is 8.47. The zero-order valence-electron chi connectivity index (χ0n) is 25.8. The summed E-state index contributed by atoms with van der Waals surface area (Å²) in [6.07, 6.45) is -14.6. The van der Waals surface area contributed by atoms with E-state index in [4.69, 9.17) is 23.7 Å². The molecule has 10 N–H and O–H groups in total. The molecule has 11 atom stereocenters. The fourth-order valence-corrected chi connectivity index (χ4v) is 5.74. The van der Waals surface area contributed by atoms with Gasteiger partial charge in [-0.1, -0.05) is 6.07 Å². The molecule has 49 heavy (non-hydrogen) atoms. The molecule has 3 aliphatic heterocycles. The van der Waals surface area contributed by atoms with Crippen molar-refractivity contribution in [3.05, 3.63) is 47.5 Å². The van der Waals surface area contributed by atoms with E-state index in [1.807, 2.05) is 0 Å². The predicted octanol–water partition coefficient (Wildman–Crippen LogP) is -2.83. The number of carboxylic acid groups (broad SMARTS) is 1. The van der Waals surface area contributed by atoms with E-state index in [-0.39, 0.29) is 29.2 Å². The Balaban J connectivity index is 1.34. The van der Waals surface area contributed by atoms with Crippen LogP contribution in [0.4, 0.5) is 5.69 Å². The summed E-state index contributed by atoms with van der Waals surface area (Å²) in [5.41, 5.74) is 0.779. The molecular formula is C31H37NO17. The molecule has 2 aromatic carbocycles. The van der Waals surface area contributed by atoms with Gasteiger partial charge in [-0.25, -0.2) is 4.79 Å². The van der Waals surface area contributed by atoms with Crippen LogP contribution in [0.1, 0.15) is 11.1 Å². The fraction of sp³-hybridized carbons (Fsp3) is 0.484. The van der Waals surface area contributed by atoms with Gasteiger partial charge < -0.3 is 74.7 Å². The van der Waals surface area contributed by atoms with E-state index < -0.39 is 104 Å². The quantitative estimate of drug-likeness (QED) is 0.112. The van der Waals surface area contributed by atoms with Gasteiger partial charge in [-0.05, 0) is 35.4 Å². The predicted molar refractivity (Wildman–Crippen MR) is 161 cm³/mol. The molecule has 2 fully saturated rings. The second-order valence-electron chi connectivity index (χ2n) is 11.6. The number of ether oxygens (including phenoxy) is 5. The number of aromatic hydroxyl groups is 2. The molecule has 0 saturated carbocycles. The number of amides is 1. The van der Waals surface area contributed by atoms with E-state index in [0.717, 1.165) is 17.0 Å². The van der Waals surface area contributed by atoms with Crippen molar-refractivity contribution in [2.75, 3.05) is 25.2 Å². The number of aliphatic carboxylic acids is 1. The number of nitrogens with zero attached hydrogens (tertiary/aromatic N) is 1. The third kappa shape index (κ3) is 7.29. The molecule has 0 spiro atoms. The van der Waals surface area contributed by atoms with Crippen LogP contribution in [0, 0.1) is 0 Å². The van der Waals surface area contributed by atoms with Gasteiger partial charge in [-0.2, -0.15) is 0 Å². The van der Waals surface area contributed by atoms with Gasteiger partial charge in [0, 0.05) is 18.6 Å². The first kappa shape index (κ1) is 36.2. The summed E-state index contributed by atoms with van der Waals surface area (Å²) in [6.45, 7) is -1.36. The first-order valence-corrected chi connectivity index (χ1v) is 15.0. The molecule has 0 unspecified atom stereocenters. The minimum atomic E-state index is -1.90. The first-order chi connectivity index (χ1) is 23.2. The number of aliphatic hydroxyl groups is 7. The molecule has 0 radical (unpaired) electrons. The van der Waals surface area contributed by atoms with Crippen LogP contribution >= 0.6 is 0 Å². The van der Waals surface area contributed by atoms with Crippen molar-refractivity contribution in [2.45, 2.75) is 73.9 Å². The number of phenols is 2. The number of carboxylic acids is 1. The average molecular weight is 696 g/mol. The Hall–Kier alpha value is -4.08. The zero-order valence-corrected chi connectivity index (χ0v) is 25.8. The van der Waals surface area contributed by atoms with Crippen LogP contribution in [-0.2, 0) is 30.2 Å². The molecule has 268 valence electrons. The lowest BCUT2D eigenvalue weighted by Gasteiger charge is -2.42. The molecular weight excluding hydrogens is 658 g/mol. The topological polar surface area (TPSA) is 286 Å². The van der Waals surface area contributed by atoms with Gasteiger partial charge in [0.1, 0.15) is 54.9 Å². The number of carbonyl (C=O) groups excluding carboxylic acids is 1. The molecule has 18 nitrogen and oxygen atoms in total. The lowest BCUT2D eigenvalue weighted by molar-refractivity contribution is -0.323. The minimum absolute atomic E-state index is 0.0477. The van der Waals surface area contributed by atoms with Crippen LogP contribution < -0.4 is 14.4 Å². The number of anilines is 1. The van der Waals surface area contributed by atoms with Crippen LogP contribution in [0.2, 0.25) is 0 Å². The summed E-state index contributed by atoms with van der Waals surface area (Å²) >= 11 is 0. The molecule has 3 aliphatic rings. The fourth-order valence-electron chi connectivity index (χ4n) is 5.74. The number of aliphatic hydroxyl groups excluding tert-OH is 7. The summed E-state index contributed by atoms with van der Waals surface area (Å²) in [4.78, 5) is 26.5. The number of carbonyl (C=O) groups is 2. The molecule has 0 bridgehead atoms. The Kier molecular flexibility index (Phi) is 10.9. The molecule has 2 aromatic rings. The maximum atomic E-state index is 13.4. The summed E-state index contributed by atoms with van der Waals surface area (Å²) in [7, 11) is 1.35. The molecule has 5 rings (SSSR count). The Morgan fingerprint density at radius 1 is 0.857 bits per heavy atom. The normalized spacial score (nSPS) is 33.0. The minimum Gasteiger partial charge on any atom is -0.504 e. The summed E-state index contributed by atoms with van der Waals surface area (Å²) in [6, 6.07) is 5.26. The lowest BCUT2D eigenvalue weighted by atomic mass is 9.98. The van der Waals surface area contributed by atoms with Gasteiger partial charge >= 0.3 is 5.97 Å². The van der Waals surface area contributed by atoms with Gasteiger partial charge in [0.15, 0.2) is 29.3 Å². The zero-order chi connectivity index (χ0) is 35.7. The van der Waals surface area contributed by atoms with E-state index in [1.165, 1.54) is 37.5 Å². The SMILES string of the molecule is COc1cc(/C=C/C(=O)N2c3cc(O[C@@H]4O[C@H](CO[C@@H]5O[C@H](CO)[C@@H](O)[C@H](O)[C@H]5O)[C@@H](O)[C@H](O)[C@H]4O)c(O)cc3C[C@H]2C(=O)O)ccc1O. The number of methoxy groups -OCH3 is 1. The monoisotopic (exact) mass is 695 g/mol. The molecule has 0 aliphatic carbocycles. The Morgan fingerprint density at radius 2 is 1.51 bits per heavy atom. The maximum Gasteiger partial charge on any atom is 0.327 e. The van der Waals surface area contributed by atoms with E-state index in [9.17, 15) is 60.7 Å². The number of rotatable bonds is 10. The molecule has 3 heterocycles. The standard InChI is InChI=1S/C31H37NO17/c1-45-18-6-12(2-4-16(18)34)3-5-22(36)32-14-9-19(17(35)8-13(14)7-15(32)29(43)44)47-31-28(42)26(40)24(38)21(49-31)11-46-30-27(41)25(39)23(37)20(10-33)48-30/h2-6,8-9,15,20-21,23-28,30-31,33-35,37-42H,7,10-11H2,1H3,(H,43,44)/b5-3+/t15-,20+,21+,23+,24+,25-,26-,27+,28+,30+,31+/m0/s1. The van der Waals surface area contributed by atoms with Crippen molar-refractivity contribution in [3.63, 3.8) is 0 Å². The van der Waals surface area contributed by atoms with E-state index >= 15 is 0 Å². The molecule has 1 amide bonds. The molecule has 2 saturated heterocycles. The van der Waals surface area contributed by atoms with Crippen LogP contribution in [0.25, 0.3) is 6.08 Å². The summed E-state index contributed by atoms with van der Waals surface area (Å²) in [5.74, 6) is -3.00. The molecule has 18 heteroatoms. The van der Waals surface area contributed by atoms with Crippen molar-refractivity contribution >= 4 is 23.6 Å². The number of benzene rings is 2. The van der Waals surface area contributed by atoms with E-state index in [2.05, 4.69) is 0 Å². The van der Waals surface area contributed by atoms with Crippen LogP contribution in [0.3, 0.4) is 0 Å². The highest BCUT2D eigenvalue weighted by atomic mass is 16.7. The Labute approximate surface area is 277 Å². The van der Waals surface area contributed by atoms with Crippen LogP contribution in [0.15, 0.2) is 36.4 Å². The highest BCUT2D eigenvalue weighted by molar-refractivity contribution is 6.09. The number of hydrogen-bond donors (Lipinski definition) is 10. The smallest absolute Gasteiger partial charge is 0.327 e. The maximum absolute atomic E-state index is 13.4. The van der Waals surface area contributed by atoms with Gasteiger partial charge in [-0.15, -0.1) is 0 Å². The third-order valence-electron chi connectivity index (χ3n) is 8.47. The van der Waals surface area contributed by atoms with Gasteiger partial charge in [0.05, 0.1) is 26.0 Å². The number of phenolic OH excluding ortho intramolecular Hbond substituents is 2. The first-order valence-electron chi connectivity index (χ1n) is 15.0. The van der Waals surface area contributed by atoms with Gasteiger partial charge in [0.2, 0.25) is 6.29 Å². The summed E-state index contributed by atoms with van der Waals surface area (Å²) in [5, 5.41) is 102. The van der Waals surface area contributed by atoms with Crippen LogP contribution in [-0.4, -0.2) is 151 Å².